The Balaban J connectivity index is 1.11. The molecule has 3 saturated heterocycles. The van der Waals surface area contributed by atoms with E-state index >= 15 is 0 Å². The van der Waals surface area contributed by atoms with Crippen LogP contribution < -0.4 is 15.1 Å². The number of hydrogen-bond acceptors (Lipinski definition) is 8. The molecule has 4 rings (SSSR count). The molecule has 0 aliphatic carbocycles. The minimum Gasteiger partial charge on any atom is -0.376 e. The second-order valence-corrected chi connectivity index (χ2v) is 16.2. The quantitative estimate of drug-likeness (QED) is 0.105. The van der Waals surface area contributed by atoms with E-state index < -0.39 is 6.04 Å². The molecule has 3 heterocycles. The number of benzene rings is 1. The van der Waals surface area contributed by atoms with E-state index in [4.69, 9.17) is 0 Å². The monoisotopic (exact) mass is 698 g/mol. The molecule has 3 fully saturated rings. The largest absolute Gasteiger partial charge is 0.376 e. The molecule has 3 aliphatic rings. The number of amides is 3. The van der Waals surface area contributed by atoms with E-state index in [1.807, 2.05) is 43.3 Å². The number of nitrogens with one attached hydrogen (secondary N) is 1. The Kier molecular flexibility index (Phi) is 15.7. The van der Waals surface area contributed by atoms with E-state index in [-0.39, 0.29) is 18.7 Å². The second kappa shape index (κ2) is 19.7. The Morgan fingerprint density at radius 1 is 0.959 bits per heavy atom. The van der Waals surface area contributed by atoms with Crippen molar-refractivity contribution in [2.24, 2.45) is 11.3 Å². The predicted octanol–water partition coefficient (Wildman–Crippen LogP) is 5.69. The van der Waals surface area contributed by atoms with Gasteiger partial charge in [-0.15, -0.1) is 0 Å². The predicted molar refractivity (Wildman–Crippen MR) is 200 cm³/mol. The van der Waals surface area contributed by atoms with Crippen molar-refractivity contribution in [1.82, 2.24) is 18.8 Å². The fourth-order valence-electron chi connectivity index (χ4n) is 7.80. The van der Waals surface area contributed by atoms with Crippen molar-refractivity contribution in [3.63, 3.8) is 0 Å². The number of anilines is 2. The molecule has 1 N–H and O–H groups in total. The molecule has 3 aliphatic heterocycles. The van der Waals surface area contributed by atoms with Gasteiger partial charge in [-0.2, -0.15) is 0 Å². The number of para-hydroxylation sites is 1. The fraction of sp³-hybridized carbons (Fsp3) is 0.737. The van der Waals surface area contributed by atoms with Crippen LogP contribution in [0.1, 0.15) is 102 Å². The third-order valence-electron chi connectivity index (χ3n) is 10.7. The lowest BCUT2D eigenvalue weighted by Gasteiger charge is -2.54. The number of unbranched alkanes of at least 4 members (excludes halogenated alkanes) is 6. The number of likely N-dealkylation sites (tertiary alicyclic amines) is 1. The number of hydrogen-bond donors (Lipinski definition) is 1. The van der Waals surface area contributed by atoms with Gasteiger partial charge in [0.2, 0.25) is 18.2 Å². The first-order valence-electron chi connectivity index (χ1n) is 18.8. The SMILES string of the molecule is CNC(=O)CCC(C=O)N(C=O)c1cccc(CCCCCCCCCC(=O)N2CCCC3(CN(SN4CCC(C)CC4)C3)C2)c1N(C)C. The molecule has 0 saturated carbocycles. The van der Waals surface area contributed by atoms with Gasteiger partial charge in [0.15, 0.2) is 0 Å². The summed E-state index contributed by atoms with van der Waals surface area (Å²) < 4.78 is 5.06. The average molecular weight is 699 g/mol. The second-order valence-electron chi connectivity index (χ2n) is 15.0. The van der Waals surface area contributed by atoms with Crippen LogP contribution in [0.2, 0.25) is 0 Å². The molecule has 0 aromatic heterocycles. The zero-order valence-electron chi connectivity index (χ0n) is 30.7. The van der Waals surface area contributed by atoms with Crippen LogP contribution in [-0.4, -0.2) is 104 Å². The standard InChI is InChI=1S/C38H62N6O4S/c1-31-20-24-42(25-21-31)49-43-28-38(29-43)22-13-23-41(27-38)36(48)17-11-9-7-5-6-8-10-14-32-15-12-16-34(37(32)40(3)4)44(30-46)33(26-45)18-19-35(47)39-2/h12,15-16,26,30-31,33H,5-11,13-14,17-25,27-29H2,1-4H3,(H,39,47). The van der Waals surface area contributed by atoms with Gasteiger partial charge in [-0.05, 0) is 68.9 Å². The summed E-state index contributed by atoms with van der Waals surface area (Å²) in [5.41, 5.74) is 3.09. The highest BCUT2D eigenvalue weighted by molar-refractivity contribution is 7.94. The Labute approximate surface area is 299 Å². The smallest absolute Gasteiger partial charge is 0.222 e. The van der Waals surface area contributed by atoms with Crippen molar-refractivity contribution in [2.75, 3.05) is 70.2 Å². The molecule has 1 aromatic carbocycles. The van der Waals surface area contributed by atoms with E-state index in [0.717, 1.165) is 101 Å². The minimum atomic E-state index is -0.707. The van der Waals surface area contributed by atoms with Gasteiger partial charge in [0.1, 0.15) is 6.29 Å². The van der Waals surface area contributed by atoms with Crippen LogP contribution in [0.5, 0.6) is 0 Å². The summed E-state index contributed by atoms with van der Waals surface area (Å²) in [5, 5.41) is 2.57. The molecule has 0 bridgehead atoms. The molecule has 1 atom stereocenters. The van der Waals surface area contributed by atoms with Crippen molar-refractivity contribution in [3.05, 3.63) is 23.8 Å². The number of aryl methyl sites for hydroxylation is 1. The van der Waals surface area contributed by atoms with Gasteiger partial charge in [0, 0.05) is 90.8 Å². The Hall–Kier alpha value is -2.63. The Morgan fingerprint density at radius 3 is 2.31 bits per heavy atom. The topological polar surface area (TPSA) is 96.5 Å². The van der Waals surface area contributed by atoms with Crippen LogP contribution in [0.15, 0.2) is 18.2 Å². The van der Waals surface area contributed by atoms with Gasteiger partial charge in [0.05, 0.1) is 17.4 Å². The molecule has 11 heteroatoms. The van der Waals surface area contributed by atoms with Crippen molar-refractivity contribution < 1.29 is 19.2 Å². The molecule has 0 radical (unpaired) electrons. The first-order chi connectivity index (χ1) is 23.7. The van der Waals surface area contributed by atoms with Crippen LogP contribution in [-0.2, 0) is 25.6 Å². The number of carbonyl (C=O) groups excluding carboxylic acids is 4. The number of nitrogens with zero attached hydrogens (tertiary/aromatic N) is 5. The number of carbonyl (C=O) groups is 4. The van der Waals surface area contributed by atoms with E-state index in [1.54, 1.807) is 7.05 Å². The van der Waals surface area contributed by atoms with Crippen molar-refractivity contribution in [1.29, 1.82) is 0 Å². The average Bonchev–Trinajstić information content (AvgIpc) is 3.09. The minimum absolute atomic E-state index is 0.156. The zero-order chi connectivity index (χ0) is 35.2. The lowest BCUT2D eigenvalue weighted by molar-refractivity contribution is -0.137. The highest BCUT2D eigenvalue weighted by Crippen LogP contribution is 2.43. The van der Waals surface area contributed by atoms with Gasteiger partial charge >= 0.3 is 0 Å². The number of rotatable bonds is 20. The van der Waals surface area contributed by atoms with Crippen molar-refractivity contribution >= 4 is 48.0 Å². The van der Waals surface area contributed by atoms with E-state index in [1.165, 1.54) is 43.7 Å². The summed E-state index contributed by atoms with van der Waals surface area (Å²) in [5.74, 6) is 1.06. The first kappa shape index (κ1) is 39.2. The van der Waals surface area contributed by atoms with Crippen molar-refractivity contribution in [2.45, 2.75) is 109 Å². The Bertz CT molecular complexity index is 1220. The molecular weight excluding hydrogens is 637 g/mol. The van der Waals surface area contributed by atoms with Crippen LogP contribution in [0.25, 0.3) is 0 Å². The summed E-state index contributed by atoms with van der Waals surface area (Å²) in [4.78, 5) is 54.6. The van der Waals surface area contributed by atoms with Crippen LogP contribution in [0, 0.1) is 11.3 Å². The lowest BCUT2D eigenvalue weighted by atomic mass is 9.75. The van der Waals surface area contributed by atoms with Crippen LogP contribution in [0.3, 0.4) is 0 Å². The zero-order valence-corrected chi connectivity index (χ0v) is 31.5. The van der Waals surface area contributed by atoms with Gasteiger partial charge in [-0.25, -0.2) is 8.61 Å². The maximum absolute atomic E-state index is 13.1. The van der Waals surface area contributed by atoms with E-state index in [0.29, 0.717) is 29.8 Å². The molecule has 10 nitrogen and oxygen atoms in total. The van der Waals surface area contributed by atoms with Crippen molar-refractivity contribution in [3.8, 4) is 0 Å². The van der Waals surface area contributed by atoms with Crippen LogP contribution >= 0.6 is 12.1 Å². The highest BCUT2D eigenvalue weighted by Gasteiger charge is 2.47. The number of aldehydes is 1. The molecule has 274 valence electrons. The third kappa shape index (κ3) is 11.4. The van der Waals surface area contributed by atoms with Gasteiger partial charge in [-0.1, -0.05) is 51.2 Å². The Morgan fingerprint density at radius 2 is 1.65 bits per heavy atom. The maximum atomic E-state index is 13.1. The maximum Gasteiger partial charge on any atom is 0.222 e. The fourth-order valence-corrected chi connectivity index (χ4v) is 9.16. The molecule has 1 unspecified atom stereocenters. The molecule has 3 amide bonds. The molecule has 1 aromatic rings. The van der Waals surface area contributed by atoms with E-state index in [9.17, 15) is 19.2 Å². The van der Waals surface area contributed by atoms with Gasteiger partial charge < -0.3 is 24.8 Å². The molecular formula is C38H62N6O4S. The third-order valence-corrected chi connectivity index (χ3v) is 11.8. The van der Waals surface area contributed by atoms with Crippen LogP contribution in [0.4, 0.5) is 11.4 Å². The first-order valence-corrected chi connectivity index (χ1v) is 19.6. The summed E-state index contributed by atoms with van der Waals surface area (Å²) >= 11 is 1.95. The lowest BCUT2D eigenvalue weighted by Crippen LogP contribution is -2.62. The van der Waals surface area contributed by atoms with Gasteiger partial charge in [-0.3, -0.25) is 14.4 Å². The summed E-state index contributed by atoms with van der Waals surface area (Å²) in [6, 6.07) is 5.20. The summed E-state index contributed by atoms with van der Waals surface area (Å²) in [7, 11) is 5.48. The molecule has 1 spiro atoms. The normalized spacial score (nSPS) is 18.9. The van der Waals surface area contributed by atoms with Gasteiger partial charge in [0.25, 0.3) is 0 Å². The number of piperidine rings is 2. The summed E-state index contributed by atoms with van der Waals surface area (Å²) in [6.45, 7) is 8.87. The van der Waals surface area contributed by atoms with E-state index in [2.05, 4.69) is 31.8 Å². The molecule has 49 heavy (non-hydrogen) atoms. The highest BCUT2D eigenvalue weighted by atomic mass is 32.2. The summed E-state index contributed by atoms with van der Waals surface area (Å²) in [6.07, 6.45) is 16.2.